The van der Waals surface area contributed by atoms with Gasteiger partial charge in [-0.05, 0) is 48.6 Å². The number of rotatable bonds is 6. The van der Waals surface area contributed by atoms with Crippen molar-refractivity contribution >= 4 is 11.7 Å². The lowest BCUT2D eigenvalue weighted by Crippen LogP contribution is -2.19. The monoisotopic (exact) mass is 418 g/mol. The highest BCUT2D eigenvalue weighted by molar-refractivity contribution is 5.87. The summed E-state index contributed by atoms with van der Waals surface area (Å²) < 4.78 is 1.95. The van der Waals surface area contributed by atoms with Crippen LogP contribution >= 0.6 is 0 Å². The van der Waals surface area contributed by atoms with Crippen molar-refractivity contribution in [3.05, 3.63) is 71.9 Å². The Labute approximate surface area is 183 Å². The Morgan fingerprint density at radius 1 is 1.10 bits per heavy atom. The second kappa shape index (κ2) is 8.53. The van der Waals surface area contributed by atoms with Crippen LogP contribution < -0.4 is 5.32 Å². The molecule has 1 unspecified atom stereocenters. The smallest absolute Gasteiger partial charge is 0.335 e. The van der Waals surface area contributed by atoms with Gasteiger partial charge in [0.15, 0.2) is 0 Å². The molecule has 1 fully saturated rings. The van der Waals surface area contributed by atoms with Gasteiger partial charge in [0.2, 0.25) is 0 Å². The summed E-state index contributed by atoms with van der Waals surface area (Å²) in [6, 6.07) is 11.4. The first kappa shape index (κ1) is 21.1. The Bertz CT molecular complexity index is 1030. The number of carboxylic acid groups (broad SMARTS) is 1. The molecule has 0 bridgehead atoms. The van der Waals surface area contributed by atoms with Crippen molar-refractivity contribution in [3.63, 3.8) is 0 Å². The van der Waals surface area contributed by atoms with Gasteiger partial charge in [0.05, 0.1) is 29.2 Å². The van der Waals surface area contributed by atoms with E-state index in [2.05, 4.69) is 36.1 Å². The van der Waals surface area contributed by atoms with Gasteiger partial charge in [-0.15, -0.1) is 0 Å². The van der Waals surface area contributed by atoms with Gasteiger partial charge in [-0.1, -0.05) is 45.7 Å². The Morgan fingerprint density at radius 2 is 1.81 bits per heavy atom. The van der Waals surface area contributed by atoms with Gasteiger partial charge >= 0.3 is 5.97 Å². The van der Waals surface area contributed by atoms with Crippen LogP contribution in [0.25, 0.3) is 5.82 Å². The number of imidazole rings is 1. The molecule has 162 valence electrons. The third-order valence-electron chi connectivity index (χ3n) is 6.07. The number of hydrogen-bond donors (Lipinski definition) is 2. The van der Waals surface area contributed by atoms with Gasteiger partial charge in [-0.3, -0.25) is 4.57 Å². The maximum absolute atomic E-state index is 11.2. The molecule has 3 aromatic rings. The normalized spacial score (nSPS) is 15.7. The number of carbonyl (C=O) groups is 1. The van der Waals surface area contributed by atoms with E-state index in [0.29, 0.717) is 11.5 Å². The lowest BCUT2D eigenvalue weighted by Gasteiger charge is -2.26. The molecular weight excluding hydrogens is 388 g/mol. The number of hydrogen-bond acceptors (Lipinski definition) is 4. The molecule has 6 heteroatoms. The predicted molar refractivity (Wildman–Crippen MR) is 122 cm³/mol. The van der Waals surface area contributed by atoms with Crippen LogP contribution in [0.2, 0.25) is 0 Å². The fourth-order valence-electron chi connectivity index (χ4n) is 4.24. The number of carboxylic acids is 1. The summed E-state index contributed by atoms with van der Waals surface area (Å²) >= 11 is 0. The highest BCUT2D eigenvalue weighted by atomic mass is 16.4. The second-order valence-corrected chi connectivity index (χ2v) is 9.41. The zero-order chi connectivity index (χ0) is 22.0. The molecule has 31 heavy (non-hydrogen) atoms. The van der Waals surface area contributed by atoms with Crippen molar-refractivity contribution in [3.8, 4) is 5.82 Å². The number of nitrogens with zero attached hydrogens (tertiary/aromatic N) is 3. The van der Waals surface area contributed by atoms with Gasteiger partial charge in [0, 0.05) is 11.6 Å². The SMILES string of the molecule is CC(C)(C)c1cn(-c2ccc(NC(c3ccc(C(=O)O)cc3)C3CCCC3)cn2)cn1. The Balaban J connectivity index is 1.54. The Kier molecular flexibility index (Phi) is 5.81. The molecule has 2 N–H and O–H groups in total. The number of aromatic carboxylic acids is 1. The molecule has 4 rings (SSSR count). The maximum Gasteiger partial charge on any atom is 0.335 e. The molecule has 1 atom stereocenters. The van der Waals surface area contributed by atoms with E-state index in [4.69, 9.17) is 0 Å². The number of nitrogens with one attached hydrogen (secondary N) is 1. The van der Waals surface area contributed by atoms with Crippen molar-refractivity contribution in [2.24, 2.45) is 5.92 Å². The topological polar surface area (TPSA) is 80.0 Å². The van der Waals surface area contributed by atoms with Crippen LogP contribution in [0.5, 0.6) is 0 Å². The van der Waals surface area contributed by atoms with Crippen LogP contribution in [-0.2, 0) is 5.41 Å². The zero-order valence-electron chi connectivity index (χ0n) is 18.4. The largest absolute Gasteiger partial charge is 0.478 e. The quantitative estimate of drug-likeness (QED) is 0.544. The van der Waals surface area contributed by atoms with Crippen molar-refractivity contribution in [2.75, 3.05) is 5.32 Å². The van der Waals surface area contributed by atoms with Gasteiger partial charge in [0.25, 0.3) is 0 Å². The van der Waals surface area contributed by atoms with Crippen molar-refractivity contribution in [1.82, 2.24) is 14.5 Å². The van der Waals surface area contributed by atoms with Crippen LogP contribution in [0.1, 0.15) is 74.1 Å². The van der Waals surface area contributed by atoms with Gasteiger partial charge in [-0.2, -0.15) is 0 Å². The summed E-state index contributed by atoms with van der Waals surface area (Å²) in [6.45, 7) is 6.44. The minimum atomic E-state index is -0.897. The van der Waals surface area contributed by atoms with Crippen LogP contribution in [0, 0.1) is 5.92 Å². The first-order chi connectivity index (χ1) is 14.8. The molecule has 0 amide bonds. The molecule has 2 aromatic heterocycles. The molecular formula is C25H30N4O2. The number of benzene rings is 1. The van der Waals surface area contributed by atoms with E-state index in [0.717, 1.165) is 22.8 Å². The third-order valence-corrected chi connectivity index (χ3v) is 6.07. The van der Waals surface area contributed by atoms with E-state index in [1.807, 2.05) is 41.2 Å². The molecule has 6 nitrogen and oxygen atoms in total. The lowest BCUT2D eigenvalue weighted by atomic mass is 9.91. The molecule has 0 aliphatic heterocycles. The molecule has 0 spiro atoms. The molecule has 1 saturated carbocycles. The summed E-state index contributed by atoms with van der Waals surface area (Å²) in [6.07, 6.45) is 10.5. The van der Waals surface area contributed by atoms with Gasteiger partial charge in [-0.25, -0.2) is 14.8 Å². The van der Waals surface area contributed by atoms with Crippen LogP contribution in [0.4, 0.5) is 5.69 Å². The fraction of sp³-hybridized carbons (Fsp3) is 0.400. The maximum atomic E-state index is 11.2. The van der Waals surface area contributed by atoms with E-state index in [-0.39, 0.29) is 11.5 Å². The van der Waals surface area contributed by atoms with Gasteiger partial charge in [0.1, 0.15) is 12.1 Å². The standard InChI is InChI=1S/C25H30N4O2/c1-25(2,3)21-15-29(16-27-21)22-13-12-20(14-26-22)28-23(17-6-4-5-7-17)18-8-10-19(11-9-18)24(30)31/h8-17,23,28H,4-7H2,1-3H3,(H,30,31). The average molecular weight is 419 g/mol. The second-order valence-electron chi connectivity index (χ2n) is 9.41. The molecule has 0 radical (unpaired) electrons. The lowest BCUT2D eigenvalue weighted by molar-refractivity contribution is 0.0697. The minimum absolute atomic E-state index is 0.00254. The highest BCUT2D eigenvalue weighted by Gasteiger charge is 2.26. The van der Waals surface area contributed by atoms with Crippen molar-refractivity contribution in [2.45, 2.75) is 57.9 Å². The van der Waals surface area contributed by atoms with Gasteiger partial charge < -0.3 is 10.4 Å². The molecule has 1 aromatic carbocycles. The van der Waals surface area contributed by atoms with E-state index >= 15 is 0 Å². The molecule has 1 aliphatic carbocycles. The molecule has 0 saturated heterocycles. The Hall–Kier alpha value is -3.15. The van der Waals surface area contributed by atoms with E-state index in [1.54, 1.807) is 18.5 Å². The molecule has 1 aliphatic rings. The number of pyridine rings is 1. The highest BCUT2D eigenvalue weighted by Crippen LogP contribution is 2.38. The van der Waals surface area contributed by atoms with Crippen molar-refractivity contribution < 1.29 is 9.90 Å². The molecule has 2 heterocycles. The fourth-order valence-corrected chi connectivity index (χ4v) is 4.24. The predicted octanol–water partition coefficient (Wildman–Crippen LogP) is 5.61. The number of aromatic nitrogens is 3. The summed E-state index contributed by atoms with van der Waals surface area (Å²) in [4.78, 5) is 20.4. The van der Waals surface area contributed by atoms with Crippen LogP contribution in [-0.4, -0.2) is 25.6 Å². The minimum Gasteiger partial charge on any atom is -0.478 e. The first-order valence-corrected chi connectivity index (χ1v) is 10.9. The first-order valence-electron chi connectivity index (χ1n) is 10.9. The summed E-state index contributed by atoms with van der Waals surface area (Å²) in [5.74, 6) is 0.459. The third kappa shape index (κ3) is 4.79. The van der Waals surface area contributed by atoms with Crippen LogP contribution in [0.3, 0.4) is 0 Å². The van der Waals surface area contributed by atoms with E-state index < -0.39 is 5.97 Å². The Morgan fingerprint density at radius 3 is 2.35 bits per heavy atom. The van der Waals surface area contributed by atoms with E-state index in [1.165, 1.54) is 25.7 Å². The van der Waals surface area contributed by atoms with Crippen molar-refractivity contribution in [1.29, 1.82) is 0 Å². The summed E-state index contributed by atoms with van der Waals surface area (Å²) in [5.41, 5.74) is 3.42. The van der Waals surface area contributed by atoms with Crippen LogP contribution in [0.15, 0.2) is 55.1 Å². The summed E-state index contributed by atoms with van der Waals surface area (Å²) in [5, 5.41) is 12.9. The number of anilines is 1. The summed E-state index contributed by atoms with van der Waals surface area (Å²) in [7, 11) is 0. The average Bonchev–Trinajstić information content (AvgIpc) is 3.45. The zero-order valence-corrected chi connectivity index (χ0v) is 18.4. The van der Waals surface area contributed by atoms with E-state index in [9.17, 15) is 9.90 Å².